The molecule has 1 aromatic heterocycles. The zero-order chi connectivity index (χ0) is 14.3. The van der Waals surface area contributed by atoms with Crippen molar-refractivity contribution in [2.24, 2.45) is 0 Å². The zero-order valence-corrected chi connectivity index (χ0v) is 11.8. The Kier molecular flexibility index (Phi) is 2.78. The number of rotatable bonds is 1. The van der Waals surface area contributed by atoms with Crippen molar-refractivity contribution in [3.8, 4) is 0 Å². The van der Waals surface area contributed by atoms with Crippen molar-refractivity contribution in [2.75, 3.05) is 5.32 Å². The van der Waals surface area contributed by atoms with Crippen LogP contribution in [0.1, 0.15) is 48.6 Å². The smallest absolute Gasteiger partial charge is 0.255 e. The molecular weight excluding hydrogens is 252 g/mol. The van der Waals surface area contributed by atoms with Gasteiger partial charge in [0.25, 0.3) is 5.91 Å². The summed E-state index contributed by atoms with van der Waals surface area (Å²) < 4.78 is 0. The summed E-state index contributed by atoms with van der Waals surface area (Å²) in [5, 5.41) is 13.5. The van der Waals surface area contributed by atoms with E-state index in [1.54, 1.807) is 6.20 Å². The minimum atomic E-state index is -0.259. The van der Waals surface area contributed by atoms with Crippen LogP contribution in [0, 0.1) is 0 Å². The number of benzene rings is 1. The molecule has 5 nitrogen and oxygen atoms in total. The Morgan fingerprint density at radius 3 is 2.65 bits per heavy atom. The van der Waals surface area contributed by atoms with Gasteiger partial charge in [-0.05, 0) is 12.1 Å². The molecule has 1 amide bonds. The normalized spacial score (nSPS) is 18.1. The van der Waals surface area contributed by atoms with Crippen LogP contribution in [0.15, 0.2) is 30.5 Å². The number of fused-ring (bicyclic) bond motifs is 1. The van der Waals surface area contributed by atoms with Crippen molar-refractivity contribution in [2.45, 2.75) is 32.4 Å². The van der Waals surface area contributed by atoms with Gasteiger partial charge in [-0.25, -0.2) is 0 Å². The lowest BCUT2D eigenvalue weighted by Gasteiger charge is -2.29. The van der Waals surface area contributed by atoms with Crippen molar-refractivity contribution in [1.29, 1.82) is 0 Å². The molecule has 0 radical (unpaired) electrons. The van der Waals surface area contributed by atoms with Crippen LogP contribution in [0.5, 0.6) is 0 Å². The fourth-order valence-corrected chi connectivity index (χ4v) is 2.48. The first-order valence-corrected chi connectivity index (χ1v) is 6.67. The number of H-pyrrole nitrogens is 1. The van der Waals surface area contributed by atoms with Gasteiger partial charge in [0.2, 0.25) is 0 Å². The molecular formula is C15H18N4O. The monoisotopic (exact) mass is 270 g/mol. The molecule has 0 spiro atoms. The van der Waals surface area contributed by atoms with Gasteiger partial charge in [0.15, 0.2) is 0 Å². The highest BCUT2D eigenvalue weighted by atomic mass is 16.2. The molecule has 0 aliphatic carbocycles. The van der Waals surface area contributed by atoms with Crippen molar-refractivity contribution in [3.05, 3.63) is 47.3 Å². The van der Waals surface area contributed by atoms with E-state index in [2.05, 4.69) is 41.6 Å². The first-order chi connectivity index (χ1) is 9.47. The third kappa shape index (κ3) is 2.05. The van der Waals surface area contributed by atoms with Crippen LogP contribution in [0.2, 0.25) is 0 Å². The largest absolute Gasteiger partial charge is 0.361 e. The Balaban J connectivity index is 1.99. The lowest BCUT2D eigenvalue weighted by Crippen LogP contribution is -2.39. The molecule has 0 unspecified atom stereocenters. The summed E-state index contributed by atoms with van der Waals surface area (Å²) >= 11 is 0. The highest BCUT2D eigenvalue weighted by Gasteiger charge is 2.30. The number of anilines is 1. The van der Waals surface area contributed by atoms with E-state index in [-0.39, 0.29) is 17.5 Å². The predicted octanol–water partition coefficient (Wildman–Crippen LogP) is 2.56. The fraction of sp³-hybridized carbons (Fsp3) is 0.333. The molecule has 3 rings (SSSR count). The molecule has 1 atom stereocenters. The Labute approximate surface area is 117 Å². The maximum Gasteiger partial charge on any atom is 0.255 e. The van der Waals surface area contributed by atoms with Crippen LogP contribution >= 0.6 is 0 Å². The van der Waals surface area contributed by atoms with Gasteiger partial charge in [0.05, 0.1) is 11.8 Å². The highest BCUT2D eigenvalue weighted by molar-refractivity contribution is 6.01. The second-order valence-electron chi connectivity index (χ2n) is 6.05. The quantitative estimate of drug-likeness (QED) is 0.746. The Morgan fingerprint density at radius 1 is 1.15 bits per heavy atom. The van der Waals surface area contributed by atoms with Gasteiger partial charge < -0.3 is 10.6 Å². The van der Waals surface area contributed by atoms with E-state index in [0.29, 0.717) is 5.56 Å². The maximum atomic E-state index is 12.2. The number of nitrogens with one attached hydrogen (secondary N) is 3. The highest BCUT2D eigenvalue weighted by Crippen LogP contribution is 2.31. The van der Waals surface area contributed by atoms with Crippen LogP contribution in [-0.4, -0.2) is 16.1 Å². The van der Waals surface area contributed by atoms with Crippen LogP contribution in [0.4, 0.5) is 5.69 Å². The maximum absolute atomic E-state index is 12.2. The Bertz CT molecular complexity index is 654. The minimum Gasteiger partial charge on any atom is -0.361 e. The van der Waals surface area contributed by atoms with Gasteiger partial charge in [-0.2, -0.15) is 5.10 Å². The van der Waals surface area contributed by atoms with E-state index < -0.39 is 0 Å². The summed E-state index contributed by atoms with van der Waals surface area (Å²) in [4.78, 5) is 12.2. The number of aromatic amines is 1. The molecule has 104 valence electrons. The average Bonchev–Trinajstić information content (AvgIpc) is 2.88. The third-order valence-electron chi connectivity index (χ3n) is 3.48. The number of para-hydroxylation sites is 1. The molecule has 5 heteroatoms. The van der Waals surface area contributed by atoms with Crippen molar-refractivity contribution >= 4 is 11.6 Å². The number of nitrogens with zero attached hydrogens (tertiary/aromatic N) is 1. The number of amides is 1. The molecule has 0 saturated heterocycles. The van der Waals surface area contributed by atoms with Gasteiger partial charge in [0, 0.05) is 22.4 Å². The summed E-state index contributed by atoms with van der Waals surface area (Å²) in [7, 11) is 0. The molecule has 2 heterocycles. The van der Waals surface area contributed by atoms with E-state index >= 15 is 0 Å². The van der Waals surface area contributed by atoms with E-state index in [4.69, 9.17) is 0 Å². The fourth-order valence-electron chi connectivity index (χ4n) is 2.48. The molecule has 1 aromatic carbocycles. The zero-order valence-electron chi connectivity index (χ0n) is 11.8. The van der Waals surface area contributed by atoms with Crippen LogP contribution < -0.4 is 10.6 Å². The van der Waals surface area contributed by atoms with E-state index in [0.717, 1.165) is 16.9 Å². The number of hydrogen-bond donors (Lipinski definition) is 3. The average molecular weight is 270 g/mol. The number of hydrogen-bond acceptors (Lipinski definition) is 3. The van der Waals surface area contributed by atoms with Gasteiger partial charge in [-0.3, -0.25) is 9.89 Å². The van der Waals surface area contributed by atoms with Gasteiger partial charge in [0.1, 0.15) is 6.17 Å². The van der Waals surface area contributed by atoms with Crippen LogP contribution in [-0.2, 0) is 5.41 Å². The summed E-state index contributed by atoms with van der Waals surface area (Å²) in [6.07, 6.45) is 1.51. The Morgan fingerprint density at radius 2 is 1.90 bits per heavy atom. The second-order valence-corrected chi connectivity index (χ2v) is 6.05. The SMILES string of the molecule is CC(C)(C)c1[nH]ncc1[C@H]1NC(=O)c2ccccc2N1. The molecule has 0 bridgehead atoms. The lowest BCUT2D eigenvalue weighted by molar-refractivity contribution is 0.0935. The molecule has 1 aliphatic heterocycles. The number of carbonyl (C=O) groups excluding carboxylic acids is 1. The standard InChI is InChI=1S/C15H18N4O/c1-15(2,3)12-10(8-16-19-12)13-17-11-7-5-4-6-9(11)14(20)18-13/h4-8,13,17H,1-3H3,(H,16,19)(H,18,20)/t13-/m1/s1. The molecule has 20 heavy (non-hydrogen) atoms. The van der Waals surface area contributed by atoms with Crippen LogP contribution in [0.3, 0.4) is 0 Å². The molecule has 2 aromatic rings. The molecule has 0 saturated carbocycles. The van der Waals surface area contributed by atoms with Crippen molar-refractivity contribution in [1.82, 2.24) is 15.5 Å². The Hall–Kier alpha value is -2.30. The molecule has 3 N–H and O–H groups in total. The van der Waals surface area contributed by atoms with Crippen molar-refractivity contribution < 1.29 is 4.79 Å². The van der Waals surface area contributed by atoms with E-state index in [1.807, 2.05) is 24.3 Å². The van der Waals surface area contributed by atoms with E-state index in [9.17, 15) is 4.79 Å². The second kappa shape index (κ2) is 4.37. The summed E-state index contributed by atoms with van der Waals surface area (Å²) in [5.74, 6) is -0.0644. The first-order valence-electron chi connectivity index (χ1n) is 6.67. The number of carbonyl (C=O) groups is 1. The summed E-state index contributed by atoms with van der Waals surface area (Å²) in [5.41, 5.74) is 3.46. The van der Waals surface area contributed by atoms with E-state index in [1.165, 1.54) is 0 Å². The minimum absolute atomic E-state index is 0.0603. The summed E-state index contributed by atoms with van der Waals surface area (Å²) in [6.45, 7) is 6.34. The summed E-state index contributed by atoms with van der Waals surface area (Å²) in [6, 6.07) is 7.51. The number of aromatic nitrogens is 2. The predicted molar refractivity (Wildman–Crippen MR) is 77.6 cm³/mol. The van der Waals surface area contributed by atoms with Crippen molar-refractivity contribution in [3.63, 3.8) is 0 Å². The molecule has 1 aliphatic rings. The lowest BCUT2D eigenvalue weighted by atomic mass is 9.88. The van der Waals surface area contributed by atoms with Gasteiger partial charge >= 0.3 is 0 Å². The van der Waals surface area contributed by atoms with Gasteiger partial charge in [-0.15, -0.1) is 0 Å². The molecule has 0 fully saturated rings. The van der Waals surface area contributed by atoms with Gasteiger partial charge in [-0.1, -0.05) is 32.9 Å². The van der Waals surface area contributed by atoms with Crippen LogP contribution in [0.25, 0.3) is 0 Å². The third-order valence-corrected chi connectivity index (χ3v) is 3.48. The topological polar surface area (TPSA) is 69.8 Å². The first kappa shape index (κ1) is 12.7.